The van der Waals surface area contributed by atoms with Crippen LogP contribution in [-0.4, -0.2) is 10.2 Å². The highest BCUT2D eigenvalue weighted by Crippen LogP contribution is 2.15. The number of hydrogen-bond donors (Lipinski definition) is 1. The summed E-state index contributed by atoms with van der Waals surface area (Å²) >= 11 is 0. The maximum atomic E-state index is 5.24. The zero-order valence-corrected chi connectivity index (χ0v) is 6.54. The highest BCUT2D eigenvalue weighted by atomic mass is 15.1. The van der Waals surface area contributed by atoms with Gasteiger partial charge in [-0.3, -0.25) is 5.10 Å². The molecule has 1 aromatic carbocycles. The molecule has 1 heterocycles. The van der Waals surface area contributed by atoms with Gasteiger partial charge >= 0.3 is 0 Å². The Bertz CT molecular complexity index is 434. The molecule has 2 rings (SSSR count). The van der Waals surface area contributed by atoms with Gasteiger partial charge in [-0.1, -0.05) is 18.2 Å². The predicted octanol–water partition coefficient (Wildman–Crippen LogP) is 1.74. The molecule has 1 N–H and O–H groups in total. The summed E-state index contributed by atoms with van der Waals surface area (Å²) in [5, 5.41) is 7.99. The van der Waals surface area contributed by atoms with Crippen LogP contribution in [0.3, 0.4) is 0 Å². The number of hydrogen-bond acceptors (Lipinski definition) is 1. The normalized spacial score (nSPS) is 9.92. The third kappa shape index (κ3) is 0.960. The molecule has 2 aromatic rings. The fourth-order valence-corrected chi connectivity index (χ4v) is 1.29. The van der Waals surface area contributed by atoms with Crippen molar-refractivity contribution in [2.24, 2.45) is 0 Å². The van der Waals surface area contributed by atoms with Gasteiger partial charge in [-0.15, -0.1) is 12.3 Å². The van der Waals surface area contributed by atoms with E-state index < -0.39 is 0 Å². The summed E-state index contributed by atoms with van der Waals surface area (Å²) in [7, 11) is 0. The molecule has 0 aliphatic heterocycles. The van der Waals surface area contributed by atoms with E-state index in [1.807, 2.05) is 18.2 Å². The van der Waals surface area contributed by atoms with Gasteiger partial charge in [0.15, 0.2) is 0 Å². The number of para-hydroxylation sites is 1. The van der Waals surface area contributed by atoms with Gasteiger partial charge in [-0.25, -0.2) is 0 Å². The third-order valence-corrected chi connectivity index (χ3v) is 1.86. The van der Waals surface area contributed by atoms with E-state index in [2.05, 4.69) is 16.1 Å². The van der Waals surface area contributed by atoms with E-state index >= 15 is 0 Å². The molecule has 12 heavy (non-hydrogen) atoms. The Balaban J connectivity index is 2.67. The smallest absolute Gasteiger partial charge is 0.0691 e. The Hall–Kier alpha value is -1.75. The molecule has 0 saturated heterocycles. The highest BCUT2D eigenvalue weighted by Gasteiger charge is 1.99. The van der Waals surface area contributed by atoms with E-state index in [0.717, 1.165) is 16.5 Å². The molecule has 0 aliphatic rings. The van der Waals surface area contributed by atoms with E-state index in [4.69, 9.17) is 6.42 Å². The van der Waals surface area contributed by atoms with Crippen LogP contribution in [0, 0.1) is 12.3 Å². The number of benzene rings is 1. The quantitative estimate of drug-likeness (QED) is 0.626. The van der Waals surface area contributed by atoms with Crippen molar-refractivity contribution >= 4 is 10.9 Å². The molecule has 0 spiro atoms. The van der Waals surface area contributed by atoms with E-state index in [1.54, 1.807) is 6.20 Å². The molecule has 0 unspecified atom stereocenters. The Morgan fingerprint density at radius 1 is 1.50 bits per heavy atom. The van der Waals surface area contributed by atoms with Gasteiger partial charge in [0.25, 0.3) is 0 Å². The first-order chi connectivity index (χ1) is 5.92. The molecule has 0 bridgehead atoms. The lowest BCUT2D eigenvalue weighted by atomic mass is 10.1. The average Bonchev–Trinajstić information content (AvgIpc) is 2.53. The van der Waals surface area contributed by atoms with Crippen molar-refractivity contribution in [3.63, 3.8) is 0 Å². The van der Waals surface area contributed by atoms with Crippen molar-refractivity contribution < 1.29 is 0 Å². The monoisotopic (exact) mass is 156 g/mol. The molecule has 0 radical (unpaired) electrons. The van der Waals surface area contributed by atoms with Crippen LogP contribution in [0.15, 0.2) is 24.4 Å². The Kier molecular flexibility index (Phi) is 1.56. The molecular formula is C10H8N2. The number of rotatable bonds is 1. The van der Waals surface area contributed by atoms with E-state index in [-0.39, 0.29) is 0 Å². The van der Waals surface area contributed by atoms with Gasteiger partial charge < -0.3 is 0 Å². The standard InChI is InChI=1S/C10H8N2/c1-2-4-8-5-3-6-9-7-11-12-10(8)9/h1,3,5-7H,4H2,(H,11,12). The molecule has 0 aliphatic carbocycles. The minimum atomic E-state index is 0.652. The van der Waals surface area contributed by atoms with E-state index in [9.17, 15) is 0 Å². The summed E-state index contributed by atoms with van der Waals surface area (Å²) in [5.41, 5.74) is 2.18. The fourth-order valence-electron chi connectivity index (χ4n) is 1.29. The van der Waals surface area contributed by atoms with Crippen molar-refractivity contribution in [2.75, 3.05) is 0 Å². The summed E-state index contributed by atoms with van der Waals surface area (Å²) < 4.78 is 0. The van der Waals surface area contributed by atoms with Crippen LogP contribution in [0.5, 0.6) is 0 Å². The molecular weight excluding hydrogens is 148 g/mol. The molecule has 0 atom stereocenters. The van der Waals surface area contributed by atoms with Gasteiger partial charge in [0.1, 0.15) is 0 Å². The minimum absolute atomic E-state index is 0.652. The molecule has 0 amide bonds. The fraction of sp³-hybridized carbons (Fsp3) is 0.100. The average molecular weight is 156 g/mol. The molecule has 2 nitrogen and oxygen atoms in total. The summed E-state index contributed by atoms with van der Waals surface area (Å²) in [5.74, 6) is 2.62. The van der Waals surface area contributed by atoms with Crippen LogP contribution in [0.4, 0.5) is 0 Å². The highest BCUT2D eigenvalue weighted by molar-refractivity contribution is 5.81. The maximum Gasteiger partial charge on any atom is 0.0691 e. The van der Waals surface area contributed by atoms with Gasteiger partial charge in [0.2, 0.25) is 0 Å². The second-order valence-electron chi connectivity index (χ2n) is 2.63. The van der Waals surface area contributed by atoms with Gasteiger partial charge in [-0.2, -0.15) is 5.10 Å². The van der Waals surface area contributed by atoms with Crippen LogP contribution < -0.4 is 0 Å². The Labute approximate surface area is 70.6 Å². The van der Waals surface area contributed by atoms with Crippen molar-refractivity contribution in [1.82, 2.24) is 10.2 Å². The molecule has 0 fully saturated rings. The summed E-state index contributed by atoms with van der Waals surface area (Å²) in [6.07, 6.45) is 7.69. The largest absolute Gasteiger partial charge is 0.278 e. The molecule has 0 saturated carbocycles. The summed E-state index contributed by atoms with van der Waals surface area (Å²) in [6, 6.07) is 6.02. The number of aromatic nitrogens is 2. The van der Waals surface area contributed by atoms with E-state index in [0.29, 0.717) is 6.42 Å². The predicted molar refractivity (Wildman–Crippen MR) is 48.6 cm³/mol. The van der Waals surface area contributed by atoms with Gasteiger partial charge in [0.05, 0.1) is 11.7 Å². The second kappa shape index (κ2) is 2.71. The number of terminal acetylenes is 1. The summed E-state index contributed by atoms with van der Waals surface area (Å²) in [4.78, 5) is 0. The Morgan fingerprint density at radius 2 is 2.42 bits per heavy atom. The third-order valence-electron chi connectivity index (χ3n) is 1.86. The molecule has 2 heteroatoms. The van der Waals surface area contributed by atoms with E-state index in [1.165, 1.54) is 0 Å². The first kappa shape index (κ1) is 6.93. The number of fused-ring (bicyclic) bond motifs is 1. The van der Waals surface area contributed by atoms with Crippen molar-refractivity contribution in [3.05, 3.63) is 30.0 Å². The zero-order chi connectivity index (χ0) is 8.39. The second-order valence-corrected chi connectivity index (χ2v) is 2.63. The van der Waals surface area contributed by atoms with Crippen LogP contribution in [0.1, 0.15) is 5.56 Å². The zero-order valence-electron chi connectivity index (χ0n) is 6.54. The first-order valence-corrected chi connectivity index (χ1v) is 3.76. The lowest BCUT2D eigenvalue weighted by Gasteiger charge is -1.95. The lowest BCUT2D eigenvalue weighted by molar-refractivity contribution is 1.11. The van der Waals surface area contributed by atoms with Gasteiger partial charge in [-0.05, 0) is 5.56 Å². The maximum absolute atomic E-state index is 5.24. The first-order valence-electron chi connectivity index (χ1n) is 3.76. The van der Waals surface area contributed by atoms with Gasteiger partial charge in [0, 0.05) is 11.8 Å². The number of nitrogens with one attached hydrogen (secondary N) is 1. The van der Waals surface area contributed by atoms with Crippen molar-refractivity contribution in [2.45, 2.75) is 6.42 Å². The SMILES string of the molecule is C#CCc1cccc2cn[nH]c12. The van der Waals surface area contributed by atoms with Crippen LogP contribution in [0.25, 0.3) is 10.9 Å². The number of aromatic amines is 1. The topological polar surface area (TPSA) is 28.7 Å². The van der Waals surface area contributed by atoms with Crippen LogP contribution in [0.2, 0.25) is 0 Å². The van der Waals surface area contributed by atoms with Crippen molar-refractivity contribution in [1.29, 1.82) is 0 Å². The number of H-pyrrole nitrogens is 1. The number of nitrogens with zero attached hydrogens (tertiary/aromatic N) is 1. The van der Waals surface area contributed by atoms with Crippen molar-refractivity contribution in [3.8, 4) is 12.3 Å². The minimum Gasteiger partial charge on any atom is -0.278 e. The molecule has 58 valence electrons. The summed E-state index contributed by atoms with van der Waals surface area (Å²) in [6.45, 7) is 0. The Morgan fingerprint density at radius 3 is 3.25 bits per heavy atom. The van der Waals surface area contributed by atoms with Crippen LogP contribution >= 0.6 is 0 Å². The van der Waals surface area contributed by atoms with Crippen LogP contribution in [-0.2, 0) is 6.42 Å². The molecule has 1 aromatic heterocycles. The lowest BCUT2D eigenvalue weighted by Crippen LogP contribution is -1.82.